The largest absolute Gasteiger partial charge is 0.494 e. The molecule has 1 heterocycles. The van der Waals surface area contributed by atoms with Crippen molar-refractivity contribution in [1.82, 2.24) is 4.98 Å². The number of rotatable bonds is 10. The molecule has 0 aliphatic rings. The number of ether oxygens (including phenoxy) is 1. The van der Waals surface area contributed by atoms with Crippen molar-refractivity contribution in [2.45, 2.75) is 66.7 Å². The summed E-state index contributed by atoms with van der Waals surface area (Å²) in [7, 11) is -3.93. The molecule has 3 rings (SSSR count). The topological polar surface area (TPSA) is 106 Å². The van der Waals surface area contributed by atoms with Crippen molar-refractivity contribution in [3.8, 4) is 5.75 Å². The average molecular weight is 537 g/mol. The van der Waals surface area contributed by atoms with Gasteiger partial charge in [-0.25, -0.2) is 0 Å². The van der Waals surface area contributed by atoms with E-state index in [1.165, 1.54) is 27.1 Å². The van der Waals surface area contributed by atoms with Crippen molar-refractivity contribution in [1.29, 1.82) is 0 Å². The van der Waals surface area contributed by atoms with E-state index >= 15 is 0 Å². The third kappa shape index (κ3) is 8.29. The summed E-state index contributed by atoms with van der Waals surface area (Å²) in [6.07, 6.45) is 5.59. The van der Waals surface area contributed by atoms with Crippen LogP contribution in [0.15, 0.2) is 48.7 Å². The molecule has 0 amide bonds. The predicted molar refractivity (Wildman–Crippen MR) is 155 cm³/mol. The first-order valence-electron chi connectivity index (χ1n) is 13.3. The second kappa shape index (κ2) is 13.2. The summed E-state index contributed by atoms with van der Waals surface area (Å²) in [6.45, 7) is 10.9. The fourth-order valence-corrected chi connectivity index (χ4v) is 5.16. The van der Waals surface area contributed by atoms with Gasteiger partial charge in [-0.2, -0.15) is 0 Å². The summed E-state index contributed by atoms with van der Waals surface area (Å²) in [5, 5.41) is 4.33. The van der Waals surface area contributed by atoms with E-state index in [0.717, 1.165) is 46.7 Å². The molecule has 204 valence electrons. The number of hydrogen-bond acceptors (Lipinski definition) is 4. The molecule has 0 saturated carbocycles. The lowest BCUT2D eigenvalue weighted by atomic mass is 10.00. The smallest absolute Gasteiger partial charge is 0.325 e. The maximum absolute atomic E-state index is 11.0. The monoisotopic (exact) mass is 536 g/mol. The van der Waals surface area contributed by atoms with Crippen molar-refractivity contribution < 1.29 is 19.1 Å². The van der Waals surface area contributed by atoms with Crippen LogP contribution in [0.2, 0.25) is 0 Å². The van der Waals surface area contributed by atoms with Gasteiger partial charge in [0.2, 0.25) is 0 Å². The van der Waals surface area contributed by atoms with Crippen LogP contribution in [0.1, 0.15) is 62.3 Å². The highest BCUT2D eigenvalue weighted by molar-refractivity contribution is 7.51. The Kier molecular flexibility index (Phi) is 10.3. The maximum atomic E-state index is 11.0. The minimum atomic E-state index is -3.93. The molecule has 0 radical (unpaired) electrons. The predicted octanol–water partition coefficient (Wildman–Crippen LogP) is 4.77. The Labute approximate surface area is 225 Å². The zero-order valence-electron chi connectivity index (χ0n) is 23.3. The molecule has 0 saturated heterocycles. The van der Waals surface area contributed by atoms with E-state index in [0.29, 0.717) is 25.1 Å². The summed E-state index contributed by atoms with van der Waals surface area (Å²) < 4.78 is 16.7. The van der Waals surface area contributed by atoms with Gasteiger partial charge in [-0.05, 0) is 105 Å². The first-order chi connectivity index (χ1) is 18.0. The normalized spacial score (nSPS) is 14.3. The number of benzene rings is 2. The van der Waals surface area contributed by atoms with Crippen molar-refractivity contribution in [2.24, 2.45) is 5.73 Å². The third-order valence-electron chi connectivity index (χ3n) is 6.88. The zero-order chi connectivity index (χ0) is 27.9. The van der Waals surface area contributed by atoms with Gasteiger partial charge in [0.25, 0.3) is 0 Å². The molecule has 2 aromatic carbocycles. The van der Waals surface area contributed by atoms with Gasteiger partial charge in [0.1, 0.15) is 5.75 Å². The summed E-state index contributed by atoms with van der Waals surface area (Å²) in [6, 6.07) is 14.9. The Bertz CT molecular complexity index is 1540. The first kappa shape index (κ1) is 29.6. The standard InChI is InChI=1S/C31H41N2O4P/c1-6-22(3)29-17-21(2)9-14-28(29)30-19-25(20-33-31(30)24(5)32)10-11-26-12-13-27(18-23(26)4)37-15-7-8-16-38(34,35)36/h9,12-14,17-20H,6-8,10-11,15-16,32H2,1-5H3,(H2,34,35,36)/b29-22?,30-28+,31-24?. The van der Waals surface area contributed by atoms with E-state index in [4.69, 9.17) is 25.2 Å². The minimum absolute atomic E-state index is 0.101. The van der Waals surface area contributed by atoms with E-state index in [2.05, 4.69) is 58.0 Å². The molecule has 3 aromatic rings. The van der Waals surface area contributed by atoms with Gasteiger partial charge in [0.05, 0.1) is 12.0 Å². The molecule has 1 aromatic heterocycles. The molecular formula is C31H41N2O4P. The van der Waals surface area contributed by atoms with E-state index in [9.17, 15) is 4.57 Å². The second-order valence-electron chi connectivity index (χ2n) is 10.1. The van der Waals surface area contributed by atoms with Crippen LogP contribution in [-0.4, -0.2) is 27.5 Å². The van der Waals surface area contributed by atoms with Gasteiger partial charge in [0.15, 0.2) is 0 Å². The molecule has 0 bridgehead atoms. The Morgan fingerprint density at radius 2 is 1.76 bits per heavy atom. The Morgan fingerprint density at radius 3 is 2.42 bits per heavy atom. The summed E-state index contributed by atoms with van der Waals surface area (Å²) in [5.41, 5.74) is 13.1. The highest BCUT2D eigenvalue weighted by Crippen LogP contribution is 2.35. The van der Waals surface area contributed by atoms with Crippen LogP contribution in [0.3, 0.4) is 0 Å². The van der Waals surface area contributed by atoms with Crippen molar-refractivity contribution in [3.63, 3.8) is 0 Å². The van der Waals surface area contributed by atoms with Crippen LogP contribution in [0.5, 0.6) is 5.75 Å². The lowest BCUT2D eigenvalue weighted by molar-refractivity contribution is 0.306. The molecule has 6 nitrogen and oxygen atoms in total. The molecule has 0 unspecified atom stereocenters. The SMILES string of the molecule is CCC(C)=c1cc(C)cc/c1=c1/cc(CCc2ccc(OCCCCP(=O)(O)O)cc2C)cnc1=C(C)N. The fraction of sp³-hybridized carbons (Fsp3) is 0.387. The lowest BCUT2D eigenvalue weighted by Gasteiger charge is -2.11. The summed E-state index contributed by atoms with van der Waals surface area (Å²) in [4.78, 5) is 22.7. The first-order valence-corrected chi connectivity index (χ1v) is 15.1. The molecule has 0 aliphatic heterocycles. The van der Waals surface area contributed by atoms with Crippen LogP contribution >= 0.6 is 7.60 Å². The quantitative estimate of drug-likeness (QED) is 0.255. The molecule has 0 atom stereocenters. The van der Waals surface area contributed by atoms with Crippen LogP contribution in [-0.2, 0) is 17.4 Å². The fourth-order valence-electron chi connectivity index (χ4n) is 4.53. The van der Waals surface area contributed by atoms with Crippen LogP contribution < -0.4 is 21.0 Å². The van der Waals surface area contributed by atoms with Crippen molar-refractivity contribution in [2.75, 3.05) is 12.8 Å². The van der Waals surface area contributed by atoms with E-state index < -0.39 is 7.60 Å². The Morgan fingerprint density at radius 1 is 1.00 bits per heavy atom. The molecule has 0 fully saturated rings. The van der Waals surface area contributed by atoms with Gasteiger partial charge in [0, 0.05) is 23.3 Å². The number of hydrogen-bond donors (Lipinski definition) is 3. The number of nitrogens with two attached hydrogens (primary N) is 1. The number of aryl methyl sites for hydroxylation is 4. The van der Waals surface area contributed by atoms with Gasteiger partial charge < -0.3 is 20.3 Å². The van der Waals surface area contributed by atoms with Gasteiger partial charge >= 0.3 is 7.60 Å². The maximum Gasteiger partial charge on any atom is 0.325 e. The molecular weight excluding hydrogens is 495 g/mol. The number of pyridine rings is 1. The summed E-state index contributed by atoms with van der Waals surface area (Å²) >= 11 is 0. The van der Waals surface area contributed by atoms with Crippen molar-refractivity contribution in [3.05, 3.63) is 91.9 Å². The van der Waals surface area contributed by atoms with Gasteiger partial charge in [-0.15, -0.1) is 0 Å². The van der Waals surface area contributed by atoms with E-state index in [1.807, 2.05) is 25.3 Å². The highest BCUT2D eigenvalue weighted by Gasteiger charge is 2.11. The second-order valence-corrected chi connectivity index (χ2v) is 11.9. The molecule has 38 heavy (non-hydrogen) atoms. The Hall–Kier alpha value is -2.92. The van der Waals surface area contributed by atoms with Crippen LogP contribution in [0.4, 0.5) is 0 Å². The van der Waals surface area contributed by atoms with E-state index in [-0.39, 0.29) is 6.16 Å². The van der Waals surface area contributed by atoms with Gasteiger partial charge in [-0.3, -0.25) is 9.55 Å². The van der Waals surface area contributed by atoms with E-state index in [1.54, 1.807) is 0 Å². The number of unbranched alkanes of at least 4 members (excludes halogenated alkanes) is 1. The van der Waals surface area contributed by atoms with Crippen LogP contribution in [0, 0.1) is 24.3 Å². The molecule has 4 N–H and O–H groups in total. The molecule has 0 spiro atoms. The Balaban J connectivity index is 1.84. The van der Waals surface area contributed by atoms with Crippen molar-refractivity contribution >= 4 is 18.9 Å². The summed E-state index contributed by atoms with van der Waals surface area (Å²) in [5.74, 6) is 0.777. The number of aromatic nitrogens is 1. The zero-order valence-corrected chi connectivity index (χ0v) is 24.1. The number of nitrogens with zero attached hydrogens (tertiary/aromatic N) is 1. The van der Waals surface area contributed by atoms with Crippen LogP contribution in [0.25, 0.3) is 11.3 Å². The third-order valence-corrected chi connectivity index (χ3v) is 7.78. The average Bonchev–Trinajstić information content (AvgIpc) is 2.86. The molecule has 7 heteroatoms. The van der Waals surface area contributed by atoms with Gasteiger partial charge in [-0.1, -0.05) is 42.3 Å². The lowest BCUT2D eigenvalue weighted by Crippen LogP contribution is -2.20. The minimum Gasteiger partial charge on any atom is -0.494 e. The molecule has 0 aliphatic carbocycles. The highest BCUT2D eigenvalue weighted by atomic mass is 31.2.